The summed E-state index contributed by atoms with van der Waals surface area (Å²) in [6.45, 7) is 8.46. The molecule has 1 aliphatic rings. The van der Waals surface area contributed by atoms with Crippen LogP contribution in [0.5, 0.6) is 0 Å². The molecule has 0 aliphatic carbocycles. The van der Waals surface area contributed by atoms with Crippen molar-refractivity contribution in [2.75, 3.05) is 24.7 Å². The molecule has 0 bridgehead atoms. The Balaban J connectivity index is 2.40. The highest BCUT2D eigenvalue weighted by Gasteiger charge is 2.32. The smallest absolute Gasteiger partial charge is 0.164 e. The number of Topliss-reactive ketones (excluding diaryl/α,β-unsaturated/α-hetero) is 1. The summed E-state index contributed by atoms with van der Waals surface area (Å²) in [6.07, 6.45) is 0.543. The van der Waals surface area contributed by atoms with Crippen LogP contribution in [0.3, 0.4) is 0 Å². The van der Waals surface area contributed by atoms with E-state index in [4.69, 9.17) is 4.74 Å². The van der Waals surface area contributed by atoms with Crippen molar-refractivity contribution in [2.24, 2.45) is 0 Å². The van der Waals surface area contributed by atoms with Crippen molar-refractivity contribution in [2.45, 2.75) is 32.7 Å². The van der Waals surface area contributed by atoms with Gasteiger partial charge in [0.1, 0.15) is 0 Å². The second-order valence-corrected chi connectivity index (χ2v) is 5.31. The van der Waals surface area contributed by atoms with E-state index < -0.39 is 0 Å². The molecule has 0 amide bonds. The van der Waals surface area contributed by atoms with E-state index in [1.807, 2.05) is 31.2 Å². The zero-order valence-corrected chi connectivity index (χ0v) is 11.4. The maximum Gasteiger partial charge on any atom is 0.164 e. The van der Waals surface area contributed by atoms with Gasteiger partial charge in [0.25, 0.3) is 0 Å². The number of para-hydroxylation sites is 1. The van der Waals surface area contributed by atoms with Gasteiger partial charge >= 0.3 is 0 Å². The van der Waals surface area contributed by atoms with Crippen molar-refractivity contribution in [1.82, 2.24) is 0 Å². The highest BCUT2D eigenvalue weighted by atomic mass is 16.5. The fraction of sp³-hybridized carbons (Fsp3) is 0.533. The largest absolute Gasteiger partial charge is 0.377 e. The minimum absolute atomic E-state index is 0.0671. The summed E-state index contributed by atoms with van der Waals surface area (Å²) in [6, 6.07) is 7.88. The molecule has 3 heteroatoms. The van der Waals surface area contributed by atoms with E-state index in [1.165, 1.54) is 0 Å². The number of hydrogen-bond donors (Lipinski definition) is 0. The van der Waals surface area contributed by atoms with E-state index in [2.05, 4.69) is 18.7 Å². The molecule has 0 unspecified atom stereocenters. The molecule has 0 saturated carbocycles. The van der Waals surface area contributed by atoms with Crippen LogP contribution in [-0.4, -0.2) is 31.1 Å². The average molecular weight is 247 g/mol. The Bertz CT molecular complexity index is 440. The molecule has 1 heterocycles. The maximum absolute atomic E-state index is 12.0. The molecule has 1 saturated heterocycles. The van der Waals surface area contributed by atoms with Crippen molar-refractivity contribution in [3.8, 4) is 0 Å². The van der Waals surface area contributed by atoms with Crippen LogP contribution in [0.2, 0.25) is 0 Å². The van der Waals surface area contributed by atoms with Gasteiger partial charge in [-0.15, -0.1) is 0 Å². The van der Waals surface area contributed by atoms with Crippen LogP contribution in [-0.2, 0) is 4.74 Å². The standard InChI is InChI=1S/C15H21NO2/c1-4-14(17)12-7-5-6-8-13(12)16-9-10-18-11-15(16,2)3/h5-8H,4,9-11H2,1-3H3. The number of rotatable bonds is 3. The Labute approximate surface area is 109 Å². The Morgan fingerprint density at radius 1 is 1.39 bits per heavy atom. The lowest BCUT2D eigenvalue weighted by Gasteiger charge is -2.44. The van der Waals surface area contributed by atoms with Crippen molar-refractivity contribution in [1.29, 1.82) is 0 Å². The van der Waals surface area contributed by atoms with Crippen LogP contribution in [0.15, 0.2) is 24.3 Å². The fourth-order valence-electron chi connectivity index (χ4n) is 2.44. The molecule has 2 rings (SSSR count). The Kier molecular flexibility index (Phi) is 3.71. The summed E-state index contributed by atoms with van der Waals surface area (Å²) in [5.74, 6) is 0.202. The van der Waals surface area contributed by atoms with Gasteiger partial charge in [-0.05, 0) is 26.0 Å². The molecule has 0 N–H and O–H groups in total. The molecular formula is C15H21NO2. The zero-order chi connectivity index (χ0) is 13.2. The summed E-state index contributed by atoms with van der Waals surface area (Å²) in [5, 5.41) is 0. The molecular weight excluding hydrogens is 226 g/mol. The van der Waals surface area contributed by atoms with Gasteiger partial charge in [0, 0.05) is 24.2 Å². The number of morpholine rings is 1. The second-order valence-electron chi connectivity index (χ2n) is 5.31. The summed E-state index contributed by atoms with van der Waals surface area (Å²) < 4.78 is 5.54. The van der Waals surface area contributed by atoms with E-state index >= 15 is 0 Å². The minimum atomic E-state index is -0.0671. The first-order valence-electron chi connectivity index (χ1n) is 6.54. The van der Waals surface area contributed by atoms with Gasteiger partial charge in [0.05, 0.1) is 18.8 Å². The van der Waals surface area contributed by atoms with Crippen molar-refractivity contribution in [3.63, 3.8) is 0 Å². The lowest BCUT2D eigenvalue weighted by atomic mass is 9.98. The number of ether oxygens (including phenoxy) is 1. The lowest BCUT2D eigenvalue weighted by molar-refractivity contribution is 0.0642. The number of carbonyl (C=O) groups excluding carboxylic acids is 1. The van der Waals surface area contributed by atoms with Crippen LogP contribution < -0.4 is 4.90 Å². The normalized spacial score (nSPS) is 18.7. The molecule has 0 aromatic heterocycles. The molecule has 1 aromatic carbocycles. The highest BCUT2D eigenvalue weighted by molar-refractivity contribution is 6.01. The van der Waals surface area contributed by atoms with Gasteiger partial charge in [-0.2, -0.15) is 0 Å². The lowest BCUT2D eigenvalue weighted by Crippen LogP contribution is -2.53. The number of hydrogen-bond acceptors (Lipinski definition) is 3. The number of anilines is 1. The van der Waals surface area contributed by atoms with Crippen molar-refractivity contribution >= 4 is 11.5 Å². The van der Waals surface area contributed by atoms with Gasteiger partial charge in [0.2, 0.25) is 0 Å². The van der Waals surface area contributed by atoms with Crippen LogP contribution >= 0.6 is 0 Å². The van der Waals surface area contributed by atoms with Gasteiger partial charge < -0.3 is 9.64 Å². The summed E-state index contributed by atoms with van der Waals surface area (Å²) in [5.41, 5.74) is 1.80. The van der Waals surface area contributed by atoms with Crippen LogP contribution in [0.4, 0.5) is 5.69 Å². The van der Waals surface area contributed by atoms with Gasteiger partial charge in [0.15, 0.2) is 5.78 Å². The third-order valence-electron chi connectivity index (χ3n) is 3.46. The van der Waals surface area contributed by atoms with Crippen molar-refractivity contribution in [3.05, 3.63) is 29.8 Å². The SMILES string of the molecule is CCC(=O)c1ccccc1N1CCOCC1(C)C. The predicted octanol–water partition coefficient (Wildman–Crippen LogP) is 2.89. The van der Waals surface area contributed by atoms with Gasteiger partial charge in [-0.1, -0.05) is 19.1 Å². The molecule has 1 aliphatic heterocycles. The number of carbonyl (C=O) groups is 1. The monoisotopic (exact) mass is 247 g/mol. The first-order valence-corrected chi connectivity index (χ1v) is 6.54. The quantitative estimate of drug-likeness (QED) is 0.769. The molecule has 3 nitrogen and oxygen atoms in total. The average Bonchev–Trinajstić information content (AvgIpc) is 2.37. The third kappa shape index (κ3) is 2.41. The number of nitrogens with zero attached hydrogens (tertiary/aromatic N) is 1. The summed E-state index contributed by atoms with van der Waals surface area (Å²) >= 11 is 0. The number of benzene rings is 1. The van der Waals surface area contributed by atoms with E-state index in [-0.39, 0.29) is 11.3 Å². The molecule has 1 aromatic rings. The van der Waals surface area contributed by atoms with Crippen molar-refractivity contribution < 1.29 is 9.53 Å². The Morgan fingerprint density at radius 3 is 2.78 bits per heavy atom. The molecule has 0 radical (unpaired) electrons. The van der Waals surface area contributed by atoms with E-state index in [0.29, 0.717) is 13.0 Å². The molecule has 1 fully saturated rings. The predicted molar refractivity (Wildman–Crippen MR) is 73.3 cm³/mol. The van der Waals surface area contributed by atoms with Crippen LogP contribution in [0, 0.1) is 0 Å². The fourth-order valence-corrected chi connectivity index (χ4v) is 2.44. The molecule has 98 valence electrons. The van der Waals surface area contributed by atoms with E-state index in [0.717, 1.165) is 24.4 Å². The van der Waals surface area contributed by atoms with Gasteiger partial charge in [-0.25, -0.2) is 0 Å². The third-order valence-corrected chi connectivity index (χ3v) is 3.46. The van der Waals surface area contributed by atoms with Crippen LogP contribution in [0.1, 0.15) is 37.6 Å². The first kappa shape index (κ1) is 13.1. The molecule has 0 atom stereocenters. The Hall–Kier alpha value is -1.35. The summed E-state index contributed by atoms with van der Waals surface area (Å²) in [4.78, 5) is 14.3. The summed E-state index contributed by atoms with van der Waals surface area (Å²) in [7, 11) is 0. The topological polar surface area (TPSA) is 29.5 Å². The first-order chi connectivity index (χ1) is 8.56. The minimum Gasteiger partial charge on any atom is -0.377 e. The highest BCUT2D eigenvalue weighted by Crippen LogP contribution is 2.30. The van der Waals surface area contributed by atoms with E-state index in [1.54, 1.807) is 0 Å². The van der Waals surface area contributed by atoms with E-state index in [9.17, 15) is 4.79 Å². The van der Waals surface area contributed by atoms with Crippen LogP contribution in [0.25, 0.3) is 0 Å². The van der Waals surface area contributed by atoms with Gasteiger partial charge in [-0.3, -0.25) is 4.79 Å². The second kappa shape index (κ2) is 5.11. The molecule has 0 spiro atoms. The maximum atomic E-state index is 12.0. The zero-order valence-electron chi connectivity index (χ0n) is 11.4. The Morgan fingerprint density at radius 2 is 2.11 bits per heavy atom. The number of ketones is 1. The molecule has 18 heavy (non-hydrogen) atoms.